The average molecular weight is 258 g/mol. The molecule has 0 radical (unpaired) electrons. The SMILES string of the molecule is COCC1(Nc2ncncc2Br)CC1. The summed E-state index contributed by atoms with van der Waals surface area (Å²) in [6, 6.07) is 0. The van der Waals surface area contributed by atoms with Gasteiger partial charge in [0.15, 0.2) is 0 Å². The molecule has 0 aromatic carbocycles. The zero-order chi connectivity index (χ0) is 10.0. The molecule has 1 heterocycles. The van der Waals surface area contributed by atoms with Gasteiger partial charge < -0.3 is 10.1 Å². The largest absolute Gasteiger partial charge is 0.382 e. The van der Waals surface area contributed by atoms with Crippen molar-refractivity contribution >= 4 is 21.7 Å². The van der Waals surface area contributed by atoms with Gasteiger partial charge in [-0.1, -0.05) is 0 Å². The number of nitrogens with one attached hydrogen (secondary N) is 1. The molecule has 1 aliphatic rings. The Balaban J connectivity index is 2.07. The maximum atomic E-state index is 5.16. The number of nitrogens with zero attached hydrogens (tertiary/aromatic N) is 2. The van der Waals surface area contributed by atoms with E-state index in [1.807, 2.05) is 0 Å². The fraction of sp³-hybridized carbons (Fsp3) is 0.556. The van der Waals surface area contributed by atoms with E-state index in [0.29, 0.717) is 0 Å². The highest BCUT2D eigenvalue weighted by Crippen LogP contribution is 2.39. The minimum Gasteiger partial charge on any atom is -0.382 e. The van der Waals surface area contributed by atoms with Gasteiger partial charge in [0.2, 0.25) is 0 Å². The Morgan fingerprint density at radius 3 is 3.00 bits per heavy atom. The molecule has 0 atom stereocenters. The number of methoxy groups -OCH3 is 1. The molecule has 0 bridgehead atoms. The van der Waals surface area contributed by atoms with Crippen LogP contribution in [0.25, 0.3) is 0 Å². The van der Waals surface area contributed by atoms with Gasteiger partial charge in [-0.15, -0.1) is 0 Å². The predicted molar refractivity (Wildman–Crippen MR) is 57.2 cm³/mol. The minimum absolute atomic E-state index is 0.103. The Labute approximate surface area is 91.2 Å². The number of rotatable bonds is 4. The number of hydrogen-bond donors (Lipinski definition) is 1. The van der Waals surface area contributed by atoms with E-state index in [0.717, 1.165) is 29.7 Å². The Kier molecular flexibility index (Phi) is 2.69. The molecule has 5 heteroatoms. The third-order valence-electron chi connectivity index (χ3n) is 2.33. The highest BCUT2D eigenvalue weighted by Gasteiger charge is 2.43. The van der Waals surface area contributed by atoms with Crippen molar-refractivity contribution < 1.29 is 4.74 Å². The van der Waals surface area contributed by atoms with Crippen molar-refractivity contribution in [2.24, 2.45) is 0 Å². The number of hydrogen-bond acceptors (Lipinski definition) is 4. The molecule has 1 aliphatic carbocycles. The molecule has 0 amide bonds. The lowest BCUT2D eigenvalue weighted by molar-refractivity contribution is 0.179. The van der Waals surface area contributed by atoms with Crippen molar-refractivity contribution in [2.75, 3.05) is 19.0 Å². The molecular formula is C9H12BrN3O. The number of halogens is 1. The Morgan fingerprint density at radius 1 is 1.64 bits per heavy atom. The van der Waals surface area contributed by atoms with E-state index < -0.39 is 0 Å². The van der Waals surface area contributed by atoms with Crippen molar-refractivity contribution in [3.8, 4) is 0 Å². The summed E-state index contributed by atoms with van der Waals surface area (Å²) in [5, 5.41) is 3.38. The predicted octanol–water partition coefficient (Wildman–Crippen LogP) is 1.83. The first kappa shape index (κ1) is 9.86. The van der Waals surface area contributed by atoms with Crippen LogP contribution in [0.2, 0.25) is 0 Å². The Bertz CT molecular complexity index is 328. The molecule has 0 spiro atoms. The summed E-state index contributed by atoms with van der Waals surface area (Å²) in [6.45, 7) is 0.726. The lowest BCUT2D eigenvalue weighted by atomic mass is 10.3. The second-order valence-electron chi connectivity index (χ2n) is 3.56. The zero-order valence-corrected chi connectivity index (χ0v) is 9.54. The first-order valence-corrected chi connectivity index (χ1v) is 5.28. The summed E-state index contributed by atoms with van der Waals surface area (Å²) in [5.41, 5.74) is 0.103. The molecule has 76 valence electrons. The fourth-order valence-corrected chi connectivity index (χ4v) is 1.71. The molecule has 0 unspecified atom stereocenters. The van der Waals surface area contributed by atoms with E-state index in [-0.39, 0.29) is 5.54 Å². The maximum absolute atomic E-state index is 5.16. The van der Waals surface area contributed by atoms with Gasteiger partial charge in [-0.2, -0.15) is 0 Å². The van der Waals surface area contributed by atoms with E-state index in [9.17, 15) is 0 Å². The normalized spacial score (nSPS) is 17.9. The summed E-state index contributed by atoms with van der Waals surface area (Å²) >= 11 is 3.40. The topological polar surface area (TPSA) is 47.0 Å². The summed E-state index contributed by atoms with van der Waals surface area (Å²) in [6.07, 6.45) is 5.54. The van der Waals surface area contributed by atoms with Crippen LogP contribution in [0.4, 0.5) is 5.82 Å². The smallest absolute Gasteiger partial charge is 0.144 e. The van der Waals surface area contributed by atoms with Crippen molar-refractivity contribution in [1.82, 2.24) is 9.97 Å². The molecule has 1 aromatic rings. The van der Waals surface area contributed by atoms with Crippen molar-refractivity contribution in [3.63, 3.8) is 0 Å². The molecular weight excluding hydrogens is 246 g/mol. The lowest BCUT2D eigenvalue weighted by Crippen LogP contribution is -2.27. The Morgan fingerprint density at radius 2 is 2.43 bits per heavy atom. The van der Waals surface area contributed by atoms with Gasteiger partial charge in [-0.25, -0.2) is 9.97 Å². The van der Waals surface area contributed by atoms with Crippen molar-refractivity contribution in [1.29, 1.82) is 0 Å². The minimum atomic E-state index is 0.103. The second-order valence-corrected chi connectivity index (χ2v) is 4.41. The summed E-state index contributed by atoms with van der Waals surface area (Å²) < 4.78 is 6.05. The van der Waals surface area contributed by atoms with Crippen LogP contribution in [0, 0.1) is 0 Å². The summed E-state index contributed by atoms with van der Waals surface area (Å²) in [7, 11) is 1.72. The first-order valence-electron chi connectivity index (χ1n) is 4.48. The number of aromatic nitrogens is 2. The van der Waals surface area contributed by atoms with Crippen LogP contribution >= 0.6 is 15.9 Å². The summed E-state index contributed by atoms with van der Waals surface area (Å²) in [5.74, 6) is 0.842. The van der Waals surface area contributed by atoms with Crippen LogP contribution in [0.5, 0.6) is 0 Å². The molecule has 4 nitrogen and oxygen atoms in total. The van der Waals surface area contributed by atoms with Crippen LogP contribution < -0.4 is 5.32 Å². The average Bonchev–Trinajstić information content (AvgIpc) is 2.90. The molecule has 0 saturated heterocycles. The molecule has 1 N–H and O–H groups in total. The highest BCUT2D eigenvalue weighted by atomic mass is 79.9. The van der Waals surface area contributed by atoms with Gasteiger partial charge in [0.05, 0.1) is 16.6 Å². The van der Waals surface area contributed by atoms with E-state index in [1.54, 1.807) is 13.3 Å². The Hall–Kier alpha value is -0.680. The van der Waals surface area contributed by atoms with Crippen molar-refractivity contribution in [3.05, 3.63) is 17.0 Å². The molecule has 14 heavy (non-hydrogen) atoms. The van der Waals surface area contributed by atoms with Crippen LogP contribution in [-0.2, 0) is 4.74 Å². The summed E-state index contributed by atoms with van der Waals surface area (Å²) in [4.78, 5) is 8.07. The van der Waals surface area contributed by atoms with Gasteiger partial charge >= 0.3 is 0 Å². The monoisotopic (exact) mass is 257 g/mol. The zero-order valence-electron chi connectivity index (χ0n) is 7.96. The van der Waals surface area contributed by atoms with E-state index in [4.69, 9.17) is 4.74 Å². The van der Waals surface area contributed by atoms with E-state index in [2.05, 4.69) is 31.2 Å². The highest BCUT2D eigenvalue weighted by molar-refractivity contribution is 9.10. The molecule has 2 rings (SSSR count). The van der Waals surface area contributed by atoms with Gasteiger partial charge in [-0.3, -0.25) is 0 Å². The molecule has 1 fully saturated rings. The maximum Gasteiger partial charge on any atom is 0.144 e. The van der Waals surface area contributed by atoms with Gasteiger partial charge in [0.25, 0.3) is 0 Å². The van der Waals surface area contributed by atoms with Gasteiger partial charge in [-0.05, 0) is 28.8 Å². The van der Waals surface area contributed by atoms with Gasteiger partial charge in [0.1, 0.15) is 12.1 Å². The standard InChI is InChI=1S/C9H12BrN3O/c1-14-5-9(2-3-9)13-8-7(10)4-11-6-12-8/h4,6H,2-3,5H2,1H3,(H,11,12,13). The third kappa shape index (κ3) is 2.04. The quantitative estimate of drug-likeness (QED) is 0.895. The lowest BCUT2D eigenvalue weighted by Gasteiger charge is -2.17. The first-order chi connectivity index (χ1) is 6.76. The third-order valence-corrected chi connectivity index (χ3v) is 2.91. The fourth-order valence-electron chi connectivity index (χ4n) is 1.39. The van der Waals surface area contributed by atoms with Crippen LogP contribution in [0.1, 0.15) is 12.8 Å². The van der Waals surface area contributed by atoms with Crippen molar-refractivity contribution in [2.45, 2.75) is 18.4 Å². The molecule has 1 saturated carbocycles. The molecule has 0 aliphatic heterocycles. The van der Waals surface area contributed by atoms with Crippen LogP contribution in [0.3, 0.4) is 0 Å². The number of anilines is 1. The van der Waals surface area contributed by atoms with Crippen LogP contribution in [0.15, 0.2) is 17.0 Å². The second kappa shape index (κ2) is 3.82. The van der Waals surface area contributed by atoms with Crippen LogP contribution in [-0.4, -0.2) is 29.2 Å². The van der Waals surface area contributed by atoms with E-state index in [1.165, 1.54) is 6.33 Å². The number of ether oxygens (including phenoxy) is 1. The van der Waals surface area contributed by atoms with Gasteiger partial charge in [0, 0.05) is 13.3 Å². The van der Waals surface area contributed by atoms with E-state index >= 15 is 0 Å². The molecule has 1 aromatic heterocycles.